The number of amides is 1. The molecule has 0 aliphatic carbocycles. The minimum atomic E-state index is -3.70. The van der Waals surface area contributed by atoms with Gasteiger partial charge in [-0.3, -0.25) is 4.79 Å². The molecule has 1 aliphatic heterocycles. The molecule has 2 N–H and O–H groups in total. The van der Waals surface area contributed by atoms with Crippen LogP contribution in [0.25, 0.3) is 0 Å². The summed E-state index contributed by atoms with van der Waals surface area (Å²) >= 11 is 0. The smallest absolute Gasteiger partial charge is 0.254 e. The van der Waals surface area contributed by atoms with Crippen LogP contribution in [-0.4, -0.2) is 67.8 Å². The molecule has 23 heavy (non-hydrogen) atoms. The Morgan fingerprint density at radius 3 is 2.48 bits per heavy atom. The van der Waals surface area contributed by atoms with Crippen molar-refractivity contribution in [3.05, 3.63) is 17.8 Å². The van der Waals surface area contributed by atoms with Crippen LogP contribution in [0, 0.1) is 0 Å². The number of hydrogen-bond donors (Lipinski definition) is 1. The highest BCUT2D eigenvalue weighted by molar-refractivity contribution is 7.89. The van der Waals surface area contributed by atoms with E-state index in [4.69, 9.17) is 10.5 Å². The number of nitrogens with two attached hydrogens (primary N) is 1. The van der Waals surface area contributed by atoms with Crippen molar-refractivity contribution in [2.45, 2.75) is 18.7 Å². The van der Waals surface area contributed by atoms with Gasteiger partial charge in [-0.1, -0.05) is 6.92 Å². The van der Waals surface area contributed by atoms with E-state index in [9.17, 15) is 13.2 Å². The van der Waals surface area contributed by atoms with Crippen LogP contribution in [0.2, 0.25) is 0 Å². The number of nitrogens with zero attached hydrogens (tertiary/aromatic N) is 3. The summed E-state index contributed by atoms with van der Waals surface area (Å²) in [5, 5.41) is 0. The van der Waals surface area contributed by atoms with Gasteiger partial charge in [0.1, 0.15) is 10.5 Å². The molecular formula is C14H22N4O4S. The molecule has 0 bridgehead atoms. The van der Waals surface area contributed by atoms with Crippen molar-refractivity contribution >= 4 is 15.9 Å². The normalized spacial score (nSPS) is 17.1. The molecular weight excluding hydrogens is 320 g/mol. The van der Waals surface area contributed by atoms with E-state index >= 15 is 0 Å². The molecule has 1 aliphatic rings. The van der Waals surface area contributed by atoms with Gasteiger partial charge in [-0.25, -0.2) is 13.4 Å². The van der Waals surface area contributed by atoms with Crippen molar-refractivity contribution in [2.75, 3.05) is 39.3 Å². The average molecular weight is 342 g/mol. The fourth-order valence-corrected chi connectivity index (χ4v) is 3.83. The highest BCUT2D eigenvalue weighted by atomic mass is 32.2. The fraction of sp³-hybridized carbons (Fsp3) is 0.571. The summed E-state index contributed by atoms with van der Waals surface area (Å²) < 4.78 is 32.0. The highest BCUT2D eigenvalue weighted by Crippen LogP contribution is 2.22. The van der Waals surface area contributed by atoms with Crippen LogP contribution in [0.3, 0.4) is 0 Å². The van der Waals surface area contributed by atoms with Crippen LogP contribution in [0.5, 0.6) is 5.88 Å². The van der Waals surface area contributed by atoms with E-state index in [1.807, 2.05) is 6.92 Å². The van der Waals surface area contributed by atoms with Gasteiger partial charge >= 0.3 is 0 Å². The number of pyridine rings is 1. The predicted molar refractivity (Wildman–Crippen MR) is 84.8 cm³/mol. The molecule has 2 heterocycles. The summed E-state index contributed by atoms with van der Waals surface area (Å²) in [6.45, 7) is 7.17. The molecule has 0 atom stereocenters. The van der Waals surface area contributed by atoms with Crippen LogP contribution in [0.4, 0.5) is 0 Å². The van der Waals surface area contributed by atoms with E-state index in [0.29, 0.717) is 32.8 Å². The number of carbonyl (C=O) groups is 1. The molecule has 1 aromatic rings. The quantitative estimate of drug-likeness (QED) is 0.774. The van der Waals surface area contributed by atoms with Crippen LogP contribution >= 0.6 is 0 Å². The van der Waals surface area contributed by atoms with Gasteiger partial charge in [0.25, 0.3) is 5.91 Å². The maximum Gasteiger partial charge on any atom is 0.254 e. The Kier molecular flexibility index (Phi) is 5.55. The summed E-state index contributed by atoms with van der Waals surface area (Å²) in [6, 6.07) is 1.24. The Hall–Kier alpha value is -1.71. The topological polar surface area (TPSA) is 106 Å². The van der Waals surface area contributed by atoms with Gasteiger partial charge in [-0.05, 0) is 19.5 Å². The third-order valence-electron chi connectivity index (χ3n) is 3.79. The van der Waals surface area contributed by atoms with E-state index in [-0.39, 0.29) is 16.3 Å². The summed E-state index contributed by atoms with van der Waals surface area (Å²) in [7, 11) is -3.70. The minimum absolute atomic E-state index is 0.0277. The van der Waals surface area contributed by atoms with E-state index < -0.39 is 15.9 Å². The standard InChI is InChI=1S/C14H22N4O4S/c1-3-17-5-7-18(8-6-17)23(20,21)11-9-12(13(15)19)14(16-10-11)22-4-2/h9-10H,3-8H2,1-2H3,(H2,15,19). The molecule has 128 valence electrons. The Morgan fingerprint density at radius 2 is 1.96 bits per heavy atom. The zero-order chi connectivity index (χ0) is 17.0. The lowest BCUT2D eigenvalue weighted by Crippen LogP contribution is -2.48. The molecule has 9 heteroatoms. The van der Waals surface area contributed by atoms with Gasteiger partial charge in [0, 0.05) is 26.2 Å². The third kappa shape index (κ3) is 3.80. The molecule has 0 spiro atoms. The second-order valence-electron chi connectivity index (χ2n) is 5.16. The zero-order valence-electron chi connectivity index (χ0n) is 13.4. The molecule has 1 aromatic heterocycles. The number of likely N-dealkylation sites (N-methyl/N-ethyl adjacent to an activating group) is 1. The summed E-state index contributed by atoms with van der Waals surface area (Å²) in [5.41, 5.74) is 5.27. The maximum absolute atomic E-state index is 12.7. The Balaban J connectivity index is 2.29. The van der Waals surface area contributed by atoms with E-state index in [0.717, 1.165) is 6.54 Å². The monoisotopic (exact) mass is 342 g/mol. The van der Waals surface area contributed by atoms with Crippen LogP contribution in [0.15, 0.2) is 17.2 Å². The number of piperazine rings is 1. The van der Waals surface area contributed by atoms with Gasteiger partial charge in [0.15, 0.2) is 0 Å². The molecule has 0 unspecified atom stereocenters. The summed E-state index contributed by atoms with van der Waals surface area (Å²) in [6.07, 6.45) is 1.21. The number of carbonyl (C=O) groups excluding carboxylic acids is 1. The van der Waals surface area contributed by atoms with Gasteiger partial charge in [0.05, 0.1) is 12.8 Å². The van der Waals surface area contributed by atoms with Gasteiger partial charge in [0.2, 0.25) is 15.9 Å². The van der Waals surface area contributed by atoms with Gasteiger partial charge in [-0.15, -0.1) is 0 Å². The molecule has 0 radical (unpaired) electrons. The number of hydrogen-bond acceptors (Lipinski definition) is 6. The van der Waals surface area contributed by atoms with Gasteiger partial charge in [-0.2, -0.15) is 4.31 Å². The van der Waals surface area contributed by atoms with Crippen LogP contribution in [0.1, 0.15) is 24.2 Å². The first-order valence-electron chi connectivity index (χ1n) is 7.55. The van der Waals surface area contributed by atoms with E-state index in [1.54, 1.807) is 6.92 Å². The molecule has 1 amide bonds. The van der Waals surface area contributed by atoms with Gasteiger partial charge < -0.3 is 15.4 Å². The molecule has 8 nitrogen and oxygen atoms in total. The molecule has 1 fully saturated rings. The van der Waals surface area contributed by atoms with E-state index in [1.165, 1.54) is 16.6 Å². The minimum Gasteiger partial charge on any atom is -0.477 e. The number of ether oxygens (including phenoxy) is 1. The van der Waals surface area contributed by atoms with Crippen molar-refractivity contribution in [2.24, 2.45) is 5.73 Å². The molecule has 2 rings (SSSR count). The predicted octanol–water partition coefficient (Wildman–Crippen LogP) is -0.0946. The number of sulfonamides is 1. The first-order valence-corrected chi connectivity index (χ1v) is 8.99. The van der Waals surface area contributed by atoms with Crippen molar-refractivity contribution < 1.29 is 17.9 Å². The largest absolute Gasteiger partial charge is 0.477 e. The van der Waals surface area contributed by atoms with Crippen molar-refractivity contribution in [1.29, 1.82) is 0 Å². The Labute approximate surface area is 136 Å². The average Bonchev–Trinajstić information content (AvgIpc) is 2.55. The number of aromatic nitrogens is 1. The molecule has 0 saturated carbocycles. The zero-order valence-corrected chi connectivity index (χ0v) is 14.2. The maximum atomic E-state index is 12.7. The third-order valence-corrected chi connectivity index (χ3v) is 5.65. The number of primary amides is 1. The fourth-order valence-electron chi connectivity index (χ4n) is 2.44. The van der Waals surface area contributed by atoms with Crippen molar-refractivity contribution in [1.82, 2.24) is 14.2 Å². The molecule has 0 aromatic carbocycles. The lowest BCUT2D eigenvalue weighted by molar-refractivity contribution is 0.0995. The van der Waals surface area contributed by atoms with Crippen LogP contribution < -0.4 is 10.5 Å². The Bertz CT molecular complexity index is 669. The second kappa shape index (κ2) is 7.24. The molecule has 1 saturated heterocycles. The first kappa shape index (κ1) is 17.6. The second-order valence-corrected chi connectivity index (χ2v) is 7.10. The van der Waals surface area contributed by atoms with Crippen molar-refractivity contribution in [3.63, 3.8) is 0 Å². The highest BCUT2D eigenvalue weighted by Gasteiger charge is 2.29. The lowest BCUT2D eigenvalue weighted by Gasteiger charge is -2.33. The SMILES string of the molecule is CCOc1ncc(S(=O)(=O)N2CCN(CC)CC2)cc1C(N)=O. The summed E-state index contributed by atoms with van der Waals surface area (Å²) in [5.74, 6) is -0.719. The summed E-state index contributed by atoms with van der Waals surface area (Å²) in [4.78, 5) is 17.6. The van der Waals surface area contributed by atoms with Crippen LogP contribution in [-0.2, 0) is 10.0 Å². The number of rotatable bonds is 6. The lowest BCUT2D eigenvalue weighted by atomic mass is 10.2. The Morgan fingerprint density at radius 1 is 1.30 bits per heavy atom. The van der Waals surface area contributed by atoms with Crippen molar-refractivity contribution in [3.8, 4) is 5.88 Å². The van der Waals surface area contributed by atoms with E-state index in [2.05, 4.69) is 9.88 Å². The first-order chi connectivity index (χ1) is 10.9.